The maximum Gasteiger partial charge on any atom is 0.343 e. The maximum absolute atomic E-state index is 12.3. The van der Waals surface area contributed by atoms with Gasteiger partial charge in [-0.1, -0.05) is 30.3 Å². The summed E-state index contributed by atoms with van der Waals surface area (Å²) in [5.74, 6) is -2.90. The molecule has 1 fully saturated rings. The molecule has 0 unspecified atom stereocenters. The summed E-state index contributed by atoms with van der Waals surface area (Å²) in [6.45, 7) is 4.35. The highest BCUT2D eigenvalue weighted by Gasteiger charge is 2.52. The molecule has 3 rings (SSSR count). The average Bonchev–Trinajstić information content (AvgIpc) is 2.91. The van der Waals surface area contributed by atoms with Gasteiger partial charge in [-0.05, 0) is 36.2 Å². The van der Waals surface area contributed by atoms with Crippen LogP contribution in [-0.4, -0.2) is 73.8 Å². The second kappa shape index (κ2) is 14.9. The number of carbonyl (C=O) groups excluding carboxylic acids is 5. The third-order valence-electron chi connectivity index (χ3n) is 5.76. The van der Waals surface area contributed by atoms with Crippen LogP contribution in [0.5, 0.6) is 5.75 Å². The van der Waals surface area contributed by atoms with Gasteiger partial charge < -0.3 is 33.2 Å². The number of carbonyl (C=O) groups is 5. The van der Waals surface area contributed by atoms with Crippen molar-refractivity contribution in [1.29, 1.82) is 0 Å². The van der Waals surface area contributed by atoms with Gasteiger partial charge in [-0.15, -0.1) is 0 Å². The second-order valence-corrected chi connectivity index (χ2v) is 9.09. The SMILES string of the molecule is CC(=O)OC[C@H]1O[C@@H](OCCc2ccc(OC(=O)c3ccccc3)cc2)[C@H](OC(C)=O)[C@@H](OC(C)=O)[C@@H]1OC(C)=O. The summed E-state index contributed by atoms with van der Waals surface area (Å²) in [6, 6.07) is 15.4. The molecular formula is C29H32O12. The van der Waals surface area contributed by atoms with E-state index in [0.29, 0.717) is 17.7 Å². The van der Waals surface area contributed by atoms with E-state index in [0.717, 1.165) is 26.3 Å². The molecule has 0 bridgehead atoms. The summed E-state index contributed by atoms with van der Waals surface area (Å²) in [5.41, 5.74) is 1.25. The van der Waals surface area contributed by atoms with Gasteiger partial charge in [0.1, 0.15) is 18.5 Å². The molecule has 12 nitrogen and oxygen atoms in total. The van der Waals surface area contributed by atoms with E-state index < -0.39 is 60.6 Å². The summed E-state index contributed by atoms with van der Waals surface area (Å²) < 4.78 is 38.4. The molecule has 5 atom stereocenters. The summed E-state index contributed by atoms with van der Waals surface area (Å²) >= 11 is 0. The molecule has 41 heavy (non-hydrogen) atoms. The predicted octanol–water partition coefficient (Wildman–Crippen LogP) is 2.55. The van der Waals surface area contributed by atoms with Crippen molar-refractivity contribution in [2.75, 3.05) is 13.2 Å². The van der Waals surface area contributed by atoms with Crippen LogP contribution in [-0.2, 0) is 54.0 Å². The summed E-state index contributed by atoms with van der Waals surface area (Å²) in [6.07, 6.45) is -5.84. The molecular weight excluding hydrogens is 540 g/mol. The van der Waals surface area contributed by atoms with E-state index in [-0.39, 0.29) is 13.2 Å². The zero-order chi connectivity index (χ0) is 29.9. The minimum absolute atomic E-state index is 0.0664. The van der Waals surface area contributed by atoms with Crippen molar-refractivity contribution in [3.05, 3.63) is 65.7 Å². The summed E-state index contributed by atoms with van der Waals surface area (Å²) in [5, 5.41) is 0. The Morgan fingerprint density at radius 3 is 1.88 bits per heavy atom. The number of benzene rings is 2. The van der Waals surface area contributed by atoms with Gasteiger partial charge >= 0.3 is 29.8 Å². The smallest absolute Gasteiger partial charge is 0.343 e. The quantitative estimate of drug-likeness (QED) is 0.221. The predicted molar refractivity (Wildman–Crippen MR) is 139 cm³/mol. The lowest BCUT2D eigenvalue weighted by atomic mass is 9.98. The van der Waals surface area contributed by atoms with Crippen molar-refractivity contribution in [2.45, 2.75) is 64.8 Å². The van der Waals surface area contributed by atoms with Gasteiger partial charge in [-0.25, -0.2) is 4.79 Å². The molecule has 2 aromatic carbocycles. The van der Waals surface area contributed by atoms with Gasteiger partial charge in [0.25, 0.3) is 0 Å². The van der Waals surface area contributed by atoms with Crippen LogP contribution in [0.15, 0.2) is 54.6 Å². The first-order valence-corrected chi connectivity index (χ1v) is 12.8. The Kier molecular flexibility index (Phi) is 11.4. The molecule has 0 spiro atoms. The van der Waals surface area contributed by atoms with E-state index in [1.807, 2.05) is 0 Å². The Labute approximate surface area is 236 Å². The highest BCUT2D eigenvalue weighted by atomic mass is 16.7. The number of esters is 5. The van der Waals surface area contributed by atoms with Crippen molar-refractivity contribution < 1.29 is 57.1 Å². The fraction of sp³-hybridized carbons (Fsp3) is 0.414. The van der Waals surface area contributed by atoms with Crippen LogP contribution < -0.4 is 4.74 Å². The first kappa shape index (κ1) is 31.2. The molecule has 220 valence electrons. The van der Waals surface area contributed by atoms with Gasteiger partial charge in [0.15, 0.2) is 24.6 Å². The lowest BCUT2D eigenvalue weighted by Crippen LogP contribution is -2.63. The monoisotopic (exact) mass is 572 g/mol. The Balaban J connectivity index is 1.71. The van der Waals surface area contributed by atoms with Gasteiger partial charge in [0.05, 0.1) is 12.2 Å². The molecule has 0 aliphatic carbocycles. The van der Waals surface area contributed by atoms with E-state index in [4.69, 9.17) is 33.2 Å². The van der Waals surface area contributed by atoms with E-state index in [1.165, 1.54) is 6.92 Å². The fourth-order valence-electron chi connectivity index (χ4n) is 4.08. The summed E-state index contributed by atoms with van der Waals surface area (Å²) in [4.78, 5) is 59.4. The van der Waals surface area contributed by atoms with Crippen LogP contribution in [0.3, 0.4) is 0 Å². The van der Waals surface area contributed by atoms with Crippen LogP contribution in [0.25, 0.3) is 0 Å². The van der Waals surface area contributed by atoms with E-state index >= 15 is 0 Å². The highest BCUT2D eigenvalue weighted by molar-refractivity contribution is 5.90. The molecule has 12 heteroatoms. The Morgan fingerprint density at radius 2 is 1.29 bits per heavy atom. The maximum atomic E-state index is 12.3. The van der Waals surface area contributed by atoms with Crippen LogP contribution in [0, 0.1) is 0 Å². The zero-order valence-electron chi connectivity index (χ0n) is 23.1. The average molecular weight is 573 g/mol. The minimum atomic E-state index is -1.31. The van der Waals surface area contributed by atoms with E-state index in [2.05, 4.69) is 0 Å². The molecule has 0 aromatic heterocycles. The van der Waals surface area contributed by atoms with Gasteiger partial charge in [0, 0.05) is 27.7 Å². The van der Waals surface area contributed by atoms with Crippen molar-refractivity contribution >= 4 is 29.8 Å². The molecule has 0 amide bonds. The van der Waals surface area contributed by atoms with Crippen LogP contribution in [0.1, 0.15) is 43.6 Å². The standard InChI is InChI=1S/C29H32O12/c1-17(30)36-16-24-25(37-18(2)31)26(38-19(3)32)27(39-20(4)33)29(41-24)35-15-14-21-10-12-23(13-11-21)40-28(34)22-8-6-5-7-9-22/h5-13,24-27,29H,14-16H2,1-4H3/t24-,25-,26+,27-,29-/m1/s1. The molecule has 2 aromatic rings. The zero-order valence-corrected chi connectivity index (χ0v) is 23.1. The first-order valence-electron chi connectivity index (χ1n) is 12.8. The van der Waals surface area contributed by atoms with E-state index in [9.17, 15) is 24.0 Å². The molecule has 1 aliphatic rings. The molecule has 0 radical (unpaired) electrons. The lowest BCUT2D eigenvalue weighted by Gasteiger charge is -2.44. The fourth-order valence-corrected chi connectivity index (χ4v) is 4.08. The molecule has 0 N–H and O–H groups in total. The number of hydrogen-bond donors (Lipinski definition) is 0. The number of rotatable bonds is 11. The second-order valence-electron chi connectivity index (χ2n) is 9.09. The Morgan fingerprint density at radius 1 is 0.707 bits per heavy atom. The largest absolute Gasteiger partial charge is 0.463 e. The molecule has 1 aliphatic heterocycles. The molecule has 1 saturated heterocycles. The first-order chi connectivity index (χ1) is 19.5. The summed E-state index contributed by atoms with van der Waals surface area (Å²) in [7, 11) is 0. The van der Waals surface area contributed by atoms with Gasteiger partial charge in [-0.3, -0.25) is 19.2 Å². The minimum Gasteiger partial charge on any atom is -0.463 e. The number of ether oxygens (including phenoxy) is 7. The van der Waals surface area contributed by atoms with Gasteiger partial charge in [-0.2, -0.15) is 0 Å². The van der Waals surface area contributed by atoms with Gasteiger partial charge in [0.2, 0.25) is 0 Å². The van der Waals surface area contributed by atoms with Crippen LogP contribution in [0.2, 0.25) is 0 Å². The van der Waals surface area contributed by atoms with Crippen molar-refractivity contribution in [3.8, 4) is 5.75 Å². The van der Waals surface area contributed by atoms with Crippen molar-refractivity contribution in [1.82, 2.24) is 0 Å². The highest BCUT2D eigenvalue weighted by Crippen LogP contribution is 2.30. The molecule has 1 heterocycles. The molecule has 0 saturated carbocycles. The van der Waals surface area contributed by atoms with E-state index in [1.54, 1.807) is 54.6 Å². The van der Waals surface area contributed by atoms with Crippen molar-refractivity contribution in [3.63, 3.8) is 0 Å². The third-order valence-corrected chi connectivity index (χ3v) is 5.76. The number of hydrogen-bond acceptors (Lipinski definition) is 12. The Bertz CT molecular complexity index is 1210. The lowest BCUT2D eigenvalue weighted by molar-refractivity contribution is -0.307. The van der Waals surface area contributed by atoms with Crippen LogP contribution in [0.4, 0.5) is 0 Å². The normalized spacial score (nSPS) is 21.7. The van der Waals surface area contributed by atoms with Crippen molar-refractivity contribution in [2.24, 2.45) is 0 Å². The third kappa shape index (κ3) is 9.69. The Hall–Kier alpha value is -4.29. The topological polar surface area (TPSA) is 150 Å². The van der Waals surface area contributed by atoms with Crippen LogP contribution >= 0.6 is 0 Å².